The number of rotatable bonds is 3. The van der Waals surface area contributed by atoms with Gasteiger partial charge in [0.1, 0.15) is 5.84 Å². The molecule has 1 rings (SSSR count). The molecule has 1 saturated heterocycles. The molecule has 0 amide bonds. The van der Waals surface area contributed by atoms with Crippen LogP contribution in [0.25, 0.3) is 0 Å². The van der Waals surface area contributed by atoms with E-state index in [1.807, 2.05) is 0 Å². The van der Waals surface area contributed by atoms with Gasteiger partial charge in [-0.1, -0.05) is 6.92 Å². The maximum absolute atomic E-state index is 7.51. The van der Waals surface area contributed by atoms with Crippen LogP contribution in [0.15, 0.2) is 0 Å². The fourth-order valence-corrected chi connectivity index (χ4v) is 2.15. The van der Waals surface area contributed by atoms with Crippen molar-refractivity contribution in [3.63, 3.8) is 0 Å². The third-order valence-corrected chi connectivity index (χ3v) is 2.63. The van der Waals surface area contributed by atoms with E-state index in [-0.39, 0.29) is 24.1 Å². The van der Waals surface area contributed by atoms with Gasteiger partial charge in [-0.15, -0.1) is 0 Å². The van der Waals surface area contributed by atoms with E-state index < -0.39 is 0 Å². The standard InChI is InChI=1S/C10H21N3O/c1-4-9(10(11)12)13-5-7(2)14-8(3)6-13/h7-9H,4-6H2,1-3H3,(H3,11,12)/t7-,8+,9?. The molecule has 82 valence electrons. The van der Waals surface area contributed by atoms with E-state index in [2.05, 4.69) is 25.7 Å². The molecule has 1 aliphatic rings. The Morgan fingerprint density at radius 1 is 1.50 bits per heavy atom. The molecule has 3 N–H and O–H groups in total. The highest BCUT2D eigenvalue weighted by Gasteiger charge is 2.28. The molecule has 0 aromatic carbocycles. The Balaban J connectivity index is 2.61. The summed E-state index contributed by atoms with van der Waals surface area (Å²) in [5.41, 5.74) is 5.57. The van der Waals surface area contributed by atoms with Gasteiger partial charge in [0.2, 0.25) is 0 Å². The van der Waals surface area contributed by atoms with Crippen molar-refractivity contribution < 1.29 is 4.74 Å². The van der Waals surface area contributed by atoms with Gasteiger partial charge in [-0.25, -0.2) is 0 Å². The molecule has 1 unspecified atom stereocenters. The summed E-state index contributed by atoms with van der Waals surface area (Å²) in [6.07, 6.45) is 1.38. The molecule has 0 bridgehead atoms. The van der Waals surface area contributed by atoms with E-state index in [9.17, 15) is 0 Å². The predicted octanol–water partition coefficient (Wildman–Crippen LogP) is 0.810. The van der Waals surface area contributed by atoms with Gasteiger partial charge in [0, 0.05) is 13.1 Å². The van der Waals surface area contributed by atoms with Gasteiger partial charge in [0.05, 0.1) is 18.2 Å². The Morgan fingerprint density at radius 3 is 2.36 bits per heavy atom. The minimum absolute atomic E-state index is 0.0869. The second-order valence-electron chi connectivity index (χ2n) is 4.09. The largest absolute Gasteiger partial charge is 0.386 e. The summed E-state index contributed by atoms with van der Waals surface area (Å²) in [5, 5.41) is 7.51. The number of nitrogens with two attached hydrogens (primary N) is 1. The van der Waals surface area contributed by atoms with E-state index in [0.29, 0.717) is 0 Å². The zero-order valence-electron chi connectivity index (χ0n) is 9.29. The SMILES string of the molecule is CCC(C(=N)N)N1C[C@@H](C)O[C@@H](C)C1. The summed E-state index contributed by atoms with van der Waals surface area (Å²) in [6.45, 7) is 7.95. The first kappa shape index (κ1) is 11.5. The summed E-state index contributed by atoms with van der Waals surface area (Å²) >= 11 is 0. The Bertz CT molecular complexity index is 198. The highest BCUT2D eigenvalue weighted by molar-refractivity contribution is 5.82. The number of morpholine rings is 1. The van der Waals surface area contributed by atoms with Gasteiger partial charge in [-0.2, -0.15) is 0 Å². The molecule has 4 nitrogen and oxygen atoms in total. The molecule has 0 aromatic heterocycles. The van der Waals surface area contributed by atoms with Crippen molar-refractivity contribution in [2.45, 2.75) is 45.4 Å². The van der Waals surface area contributed by atoms with Gasteiger partial charge in [0.15, 0.2) is 0 Å². The van der Waals surface area contributed by atoms with Gasteiger partial charge in [-0.05, 0) is 20.3 Å². The van der Waals surface area contributed by atoms with Crippen LogP contribution in [0.4, 0.5) is 0 Å². The smallest absolute Gasteiger partial charge is 0.108 e. The lowest BCUT2D eigenvalue weighted by atomic mass is 10.1. The van der Waals surface area contributed by atoms with Crippen LogP contribution in [-0.2, 0) is 4.74 Å². The summed E-state index contributed by atoms with van der Waals surface area (Å²) in [6, 6.07) is 0.0869. The minimum Gasteiger partial charge on any atom is -0.386 e. The van der Waals surface area contributed by atoms with Crippen LogP contribution >= 0.6 is 0 Å². The van der Waals surface area contributed by atoms with Crippen LogP contribution in [0.1, 0.15) is 27.2 Å². The average molecular weight is 199 g/mol. The molecule has 1 aliphatic heterocycles. The van der Waals surface area contributed by atoms with E-state index in [1.54, 1.807) is 0 Å². The minimum atomic E-state index is 0.0869. The van der Waals surface area contributed by atoms with Crippen molar-refractivity contribution in [3.05, 3.63) is 0 Å². The second-order valence-corrected chi connectivity index (χ2v) is 4.09. The van der Waals surface area contributed by atoms with Crippen molar-refractivity contribution >= 4 is 5.84 Å². The van der Waals surface area contributed by atoms with E-state index >= 15 is 0 Å². The topological polar surface area (TPSA) is 62.3 Å². The predicted molar refractivity (Wildman–Crippen MR) is 57.6 cm³/mol. The lowest BCUT2D eigenvalue weighted by molar-refractivity contribution is -0.0737. The third-order valence-electron chi connectivity index (χ3n) is 2.63. The van der Waals surface area contributed by atoms with Crippen LogP contribution in [0.5, 0.6) is 0 Å². The first-order chi connectivity index (χ1) is 6.54. The highest BCUT2D eigenvalue weighted by Crippen LogP contribution is 2.15. The van der Waals surface area contributed by atoms with Crippen LogP contribution in [0.3, 0.4) is 0 Å². The molecule has 4 heteroatoms. The maximum Gasteiger partial charge on any atom is 0.108 e. The molecule has 1 heterocycles. The monoisotopic (exact) mass is 199 g/mol. The Kier molecular flexibility index (Phi) is 3.89. The molecule has 0 spiro atoms. The van der Waals surface area contributed by atoms with Crippen LogP contribution in [0, 0.1) is 5.41 Å². The van der Waals surface area contributed by atoms with Gasteiger partial charge in [-0.3, -0.25) is 10.3 Å². The molecular weight excluding hydrogens is 178 g/mol. The molecule has 14 heavy (non-hydrogen) atoms. The van der Waals surface area contributed by atoms with Gasteiger partial charge in [0.25, 0.3) is 0 Å². The number of nitrogens with one attached hydrogen (secondary N) is 1. The first-order valence-electron chi connectivity index (χ1n) is 5.28. The van der Waals surface area contributed by atoms with E-state index in [0.717, 1.165) is 19.5 Å². The van der Waals surface area contributed by atoms with Crippen molar-refractivity contribution in [1.29, 1.82) is 5.41 Å². The Labute approximate surface area is 85.9 Å². The van der Waals surface area contributed by atoms with Crippen molar-refractivity contribution in [2.24, 2.45) is 5.73 Å². The molecular formula is C10H21N3O. The van der Waals surface area contributed by atoms with E-state index in [1.165, 1.54) is 0 Å². The molecule has 0 aromatic rings. The lowest BCUT2D eigenvalue weighted by Crippen LogP contribution is -2.53. The number of hydrogen-bond acceptors (Lipinski definition) is 3. The van der Waals surface area contributed by atoms with Gasteiger partial charge >= 0.3 is 0 Å². The fourth-order valence-electron chi connectivity index (χ4n) is 2.15. The molecule has 0 radical (unpaired) electrons. The van der Waals surface area contributed by atoms with Crippen molar-refractivity contribution in [3.8, 4) is 0 Å². The van der Waals surface area contributed by atoms with Crippen LogP contribution in [-0.4, -0.2) is 42.1 Å². The maximum atomic E-state index is 7.51. The van der Waals surface area contributed by atoms with Gasteiger partial charge < -0.3 is 10.5 Å². The second kappa shape index (κ2) is 4.75. The van der Waals surface area contributed by atoms with Crippen LogP contribution < -0.4 is 5.73 Å². The Morgan fingerprint density at radius 2 is 2.00 bits per heavy atom. The number of ether oxygens (including phenoxy) is 1. The Hall–Kier alpha value is -0.610. The summed E-state index contributed by atoms with van der Waals surface area (Å²) < 4.78 is 5.64. The third kappa shape index (κ3) is 2.69. The zero-order valence-corrected chi connectivity index (χ0v) is 9.29. The van der Waals surface area contributed by atoms with Crippen molar-refractivity contribution in [1.82, 2.24) is 4.90 Å². The van der Waals surface area contributed by atoms with E-state index in [4.69, 9.17) is 15.9 Å². The summed E-state index contributed by atoms with van der Waals surface area (Å²) in [7, 11) is 0. The lowest BCUT2D eigenvalue weighted by Gasteiger charge is -2.39. The highest BCUT2D eigenvalue weighted by atomic mass is 16.5. The number of amidine groups is 1. The number of nitrogens with zero attached hydrogens (tertiary/aromatic N) is 1. The summed E-state index contributed by atoms with van der Waals surface area (Å²) in [4.78, 5) is 2.25. The fraction of sp³-hybridized carbons (Fsp3) is 0.900. The van der Waals surface area contributed by atoms with Crippen molar-refractivity contribution in [2.75, 3.05) is 13.1 Å². The number of hydrogen-bond donors (Lipinski definition) is 2. The molecule has 3 atom stereocenters. The molecule has 0 saturated carbocycles. The molecule has 0 aliphatic carbocycles. The summed E-state index contributed by atoms with van der Waals surface area (Å²) in [5.74, 6) is 0.272. The molecule has 1 fully saturated rings. The average Bonchev–Trinajstić information content (AvgIpc) is 2.02. The zero-order chi connectivity index (χ0) is 10.7. The van der Waals surface area contributed by atoms with Crippen LogP contribution in [0.2, 0.25) is 0 Å². The normalized spacial score (nSPS) is 31.4. The first-order valence-corrected chi connectivity index (χ1v) is 5.28. The quantitative estimate of drug-likeness (QED) is 0.522.